The van der Waals surface area contributed by atoms with Crippen molar-refractivity contribution in [1.29, 1.82) is 0 Å². The van der Waals surface area contributed by atoms with Crippen LogP contribution in [-0.2, 0) is 34.0 Å². The standard InChI is InChI=1S/C33H46O8/c1-11-20-33(29(36)41-32(8,9)10,23-12-16-25(17-13-23)37-21-27(34)39-30(2,3)4)24-14-18-26(19-15-24)38-22-28(35)40-31(5,6)7/h12-19H,11,20-22H2,1-10H3. The van der Waals surface area contributed by atoms with Crippen LogP contribution < -0.4 is 9.47 Å². The van der Waals surface area contributed by atoms with Gasteiger partial charge in [0.05, 0.1) is 0 Å². The maximum atomic E-state index is 13.9. The van der Waals surface area contributed by atoms with Crippen LogP contribution in [-0.4, -0.2) is 47.9 Å². The van der Waals surface area contributed by atoms with Gasteiger partial charge in [0, 0.05) is 0 Å². The lowest BCUT2D eigenvalue weighted by Crippen LogP contribution is -2.42. The predicted molar refractivity (Wildman–Crippen MR) is 157 cm³/mol. The molecule has 0 heterocycles. The summed E-state index contributed by atoms with van der Waals surface area (Å²) >= 11 is 0. The Hall–Kier alpha value is -3.55. The van der Waals surface area contributed by atoms with E-state index in [9.17, 15) is 14.4 Å². The van der Waals surface area contributed by atoms with E-state index >= 15 is 0 Å². The minimum absolute atomic E-state index is 0.229. The molecular formula is C33H46O8. The van der Waals surface area contributed by atoms with Gasteiger partial charge >= 0.3 is 17.9 Å². The number of hydrogen-bond acceptors (Lipinski definition) is 8. The molecule has 2 aromatic carbocycles. The largest absolute Gasteiger partial charge is 0.482 e. The highest BCUT2D eigenvalue weighted by Crippen LogP contribution is 2.40. The molecule has 0 saturated heterocycles. The highest BCUT2D eigenvalue weighted by atomic mass is 16.6. The fraction of sp³-hybridized carbons (Fsp3) is 0.545. The monoisotopic (exact) mass is 570 g/mol. The van der Waals surface area contributed by atoms with Gasteiger partial charge in [-0.3, -0.25) is 4.79 Å². The number of carbonyl (C=O) groups is 3. The summed E-state index contributed by atoms with van der Waals surface area (Å²) in [6.07, 6.45) is 1.19. The molecule has 226 valence electrons. The Balaban J connectivity index is 2.38. The molecule has 8 heteroatoms. The number of benzene rings is 2. The minimum atomic E-state index is -1.12. The summed E-state index contributed by atoms with van der Waals surface area (Å²) in [7, 11) is 0. The van der Waals surface area contributed by atoms with E-state index < -0.39 is 34.2 Å². The molecule has 8 nitrogen and oxygen atoms in total. The molecule has 41 heavy (non-hydrogen) atoms. The molecule has 0 spiro atoms. The Morgan fingerprint density at radius 1 is 0.561 bits per heavy atom. The Morgan fingerprint density at radius 3 is 1.20 bits per heavy atom. The summed E-state index contributed by atoms with van der Waals surface area (Å²) in [5.41, 5.74) is -1.58. The van der Waals surface area contributed by atoms with Crippen LogP contribution >= 0.6 is 0 Å². The third-order valence-electron chi connectivity index (χ3n) is 5.62. The van der Waals surface area contributed by atoms with Crippen molar-refractivity contribution in [3.05, 3.63) is 59.7 Å². The van der Waals surface area contributed by atoms with Crippen molar-refractivity contribution >= 4 is 17.9 Å². The van der Waals surface area contributed by atoms with Gasteiger partial charge in [-0.05, 0) is 104 Å². The van der Waals surface area contributed by atoms with Crippen LogP contribution in [0.15, 0.2) is 48.5 Å². The fourth-order valence-electron chi connectivity index (χ4n) is 4.23. The molecule has 0 amide bonds. The van der Waals surface area contributed by atoms with Gasteiger partial charge in [-0.2, -0.15) is 0 Å². The third-order valence-corrected chi connectivity index (χ3v) is 5.62. The van der Waals surface area contributed by atoms with Gasteiger partial charge < -0.3 is 23.7 Å². The van der Waals surface area contributed by atoms with Gasteiger partial charge in [0.25, 0.3) is 0 Å². The molecule has 0 saturated carbocycles. The maximum absolute atomic E-state index is 13.9. The molecule has 0 bridgehead atoms. The van der Waals surface area contributed by atoms with Crippen LogP contribution in [0, 0.1) is 0 Å². The molecule has 2 rings (SSSR count). The SMILES string of the molecule is CCCC(C(=O)OC(C)(C)C)(c1ccc(OCC(=O)OC(C)(C)C)cc1)c1ccc(OCC(=O)OC(C)(C)C)cc1. The quantitative estimate of drug-likeness (QED) is 0.221. The molecule has 2 aromatic rings. The molecule has 0 radical (unpaired) electrons. The smallest absolute Gasteiger partial charge is 0.344 e. The summed E-state index contributed by atoms with van der Waals surface area (Å²) in [6, 6.07) is 14.2. The molecule has 0 unspecified atom stereocenters. The number of carbonyl (C=O) groups excluding carboxylic acids is 3. The second-order valence-electron chi connectivity index (χ2n) is 13.0. The van der Waals surface area contributed by atoms with Crippen LogP contribution in [0.25, 0.3) is 0 Å². The van der Waals surface area contributed by atoms with Gasteiger partial charge in [-0.25, -0.2) is 9.59 Å². The van der Waals surface area contributed by atoms with Gasteiger partial charge in [-0.1, -0.05) is 37.6 Å². The van der Waals surface area contributed by atoms with E-state index in [4.69, 9.17) is 23.7 Å². The molecule has 0 aliphatic rings. The third kappa shape index (κ3) is 10.7. The van der Waals surface area contributed by atoms with Gasteiger partial charge in [-0.15, -0.1) is 0 Å². The van der Waals surface area contributed by atoms with Crippen molar-refractivity contribution in [3.63, 3.8) is 0 Å². The van der Waals surface area contributed by atoms with Gasteiger partial charge in [0.1, 0.15) is 33.7 Å². The molecule has 0 N–H and O–H groups in total. The summed E-state index contributed by atoms with van der Waals surface area (Å²) in [4.78, 5) is 38.1. The zero-order valence-electron chi connectivity index (χ0n) is 26.2. The first-order valence-electron chi connectivity index (χ1n) is 14.0. The van der Waals surface area contributed by atoms with Crippen molar-refractivity contribution in [2.24, 2.45) is 0 Å². The summed E-state index contributed by atoms with van der Waals surface area (Å²) < 4.78 is 27.8. The first-order valence-corrected chi connectivity index (χ1v) is 14.0. The maximum Gasteiger partial charge on any atom is 0.344 e. The zero-order chi connectivity index (χ0) is 31.1. The minimum Gasteiger partial charge on any atom is -0.482 e. The van der Waals surface area contributed by atoms with Gasteiger partial charge in [0.15, 0.2) is 13.2 Å². The predicted octanol–water partition coefficient (Wildman–Crippen LogP) is 6.56. The molecule has 0 fully saturated rings. The average molecular weight is 571 g/mol. The molecule has 0 atom stereocenters. The average Bonchev–Trinajstić information content (AvgIpc) is 2.82. The number of esters is 3. The number of hydrogen-bond donors (Lipinski definition) is 0. The first kappa shape index (κ1) is 33.7. The van der Waals surface area contributed by atoms with E-state index in [0.29, 0.717) is 24.3 Å². The van der Waals surface area contributed by atoms with Crippen molar-refractivity contribution in [3.8, 4) is 11.5 Å². The second-order valence-corrected chi connectivity index (χ2v) is 13.0. The highest BCUT2D eigenvalue weighted by Gasteiger charge is 2.44. The van der Waals surface area contributed by atoms with Crippen LogP contribution in [0.2, 0.25) is 0 Å². The van der Waals surface area contributed by atoms with Gasteiger partial charge in [0.2, 0.25) is 0 Å². The molecule has 0 aliphatic heterocycles. The van der Waals surface area contributed by atoms with Crippen LogP contribution in [0.1, 0.15) is 93.2 Å². The molecule has 0 aliphatic carbocycles. The second kappa shape index (κ2) is 13.4. The molecule has 0 aromatic heterocycles. The molecular weight excluding hydrogens is 524 g/mol. The van der Waals surface area contributed by atoms with E-state index in [0.717, 1.165) is 11.1 Å². The summed E-state index contributed by atoms with van der Waals surface area (Å²) in [5, 5.41) is 0. The zero-order valence-corrected chi connectivity index (χ0v) is 26.2. The Kier molecular flexibility index (Phi) is 11.0. The lowest BCUT2D eigenvalue weighted by Gasteiger charge is -2.35. The van der Waals surface area contributed by atoms with E-state index in [1.165, 1.54) is 0 Å². The van der Waals surface area contributed by atoms with E-state index in [2.05, 4.69) is 0 Å². The lowest BCUT2D eigenvalue weighted by atomic mass is 9.71. The fourth-order valence-corrected chi connectivity index (χ4v) is 4.23. The van der Waals surface area contributed by atoms with Crippen molar-refractivity contribution < 1.29 is 38.1 Å². The van der Waals surface area contributed by atoms with E-state index in [1.807, 2.05) is 52.0 Å². The lowest BCUT2D eigenvalue weighted by molar-refractivity contribution is -0.161. The van der Waals surface area contributed by atoms with Crippen LogP contribution in [0.3, 0.4) is 0 Å². The first-order chi connectivity index (χ1) is 18.8. The Labute approximate surface area is 244 Å². The van der Waals surface area contributed by atoms with E-state index in [-0.39, 0.29) is 19.2 Å². The topological polar surface area (TPSA) is 97.4 Å². The summed E-state index contributed by atoms with van der Waals surface area (Å²) in [5.74, 6) is -0.369. The van der Waals surface area contributed by atoms with E-state index in [1.54, 1.807) is 65.8 Å². The normalized spacial score (nSPS) is 12.3. The van der Waals surface area contributed by atoms with Crippen molar-refractivity contribution in [2.45, 2.75) is 104 Å². The number of rotatable bonds is 11. The Morgan fingerprint density at radius 2 is 0.902 bits per heavy atom. The Bertz CT molecular complexity index is 1080. The van der Waals surface area contributed by atoms with Crippen molar-refractivity contribution in [2.75, 3.05) is 13.2 Å². The van der Waals surface area contributed by atoms with Crippen LogP contribution in [0.4, 0.5) is 0 Å². The van der Waals surface area contributed by atoms with Crippen LogP contribution in [0.5, 0.6) is 11.5 Å². The highest BCUT2D eigenvalue weighted by molar-refractivity contribution is 5.88. The summed E-state index contributed by atoms with van der Waals surface area (Å²) in [6.45, 7) is 17.8. The number of ether oxygens (including phenoxy) is 5. The van der Waals surface area contributed by atoms with Crippen molar-refractivity contribution in [1.82, 2.24) is 0 Å².